The SMILES string of the molecule is CC(CO)N(C)S(=O)(=O)c1ccc([N+](=O)[O-])cc1NN. The number of hydrazine groups is 1. The number of hydrogen-bond acceptors (Lipinski definition) is 7. The van der Waals surface area contributed by atoms with Gasteiger partial charge in [0.25, 0.3) is 5.69 Å². The average Bonchev–Trinajstić information content (AvgIpc) is 2.44. The average molecular weight is 304 g/mol. The van der Waals surface area contributed by atoms with Crippen molar-refractivity contribution in [2.24, 2.45) is 5.84 Å². The number of benzene rings is 1. The number of nitrogens with two attached hydrogens (primary N) is 1. The van der Waals surface area contributed by atoms with Crippen LogP contribution in [0.5, 0.6) is 0 Å². The van der Waals surface area contributed by atoms with Crippen LogP contribution in [0.25, 0.3) is 0 Å². The fraction of sp³-hybridized carbons (Fsp3) is 0.400. The van der Waals surface area contributed by atoms with Crippen LogP contribution in [0.15, 0.2) is 23.1 Å². The molecule has 0 saturated carbocycles. The van der Waals surface area contributed by atoms with Crippen molar-refractivity contribution >= 4 is 21.4 Å². The quantitative estimate of drug-likeness (QED) is 0.378. The van der Waals surface area contributed by atoms with E-state index in [4.69, 9.17) is 10.9 Å². The Balaban J connectivity index is 3.35. The van der Waals surface area contributed by atoms with Crippen LogP contribution in [0.4, 0.5) is 11.4 Å². The van der Waals surface area contributed by atoms with Crippen molar-refractivity contribution in [3.8, 4) is 0 Å². The second-order valence-corrected chi connectivity index (χ2v) is 6.10. The second-order valence-electron chi connectivity index (χ2n) is 4.13. The van der Waals surface area contributed by atoms with Gasteiger partial charge in [-0.3, -0.25) is 16.0 Å². The molecule has 1 rings (SSSR count). The van der Waals surface area contributed by atoms with E-state index >= 15 is 0 Å². The van der Waals surface area contributed by atoms with Crippen molar-refractivity contribution in [2.45, 2.75) is 17.9 Å². The van der Waals surface area contributed by atoms with E-state index in [2.05, 4.69) is 5.43 Å². The lowest BCUT2D eigenvalue weighted by Crippen LogP contribution is -2.37. The molecule has 1 aromatic carbocycles. The van der Waals surface area contributed by atoms with Gasteiger partial charge in [0.15, 0.2) is 0 Å². The Morgan fingerprint density at radius 2 is 2.15 bits per heavy atom. The number of nitro benzene ring substituents is 1. The molecule has 0 aromatic heterocycles. The third-order valence-corrected chi connectivity index (χ3v) is 4.90. The van der Waals surface area contributed by atoms with Gasteiger partial charge in [0.1, 0.15) is 4.90 Å². The van der Waals surface area contributed by atoms with Gasteiger partial charge in [0.2, 0.25) is 10.0 Å². The van der Waals surface area contributed by atoms with Crippen molar-refractivity contribution in [1.82, 2.24) is 4.31 Å². The van der Waals surface area contributed by atoms with Crippen LogP contribution >= 0.6 is 0 Å². The van der Waals surface area contributed by atoms with E-state index < -0.39 is 21.0 Å². The molecular formula is C10H16N4O5S. The molecular weight excluding hydrogens is 288 g/mol. The number of anilines is 1. The summed E-state index contributed by atoms with van der Waals surface area (Å²) in [6.45, 7) is 1.17. The standard InChI is InChI=1S/C10H16N4O5S/c1-7(6-15)13(2)20(18,19)10-4-3-8(14(16)17)5-9(10)12-11/h3-5,7,12,15H,6,11H2,1-2H3. The van der Waals surface area contributed by atoms with Crippen LogP contribution in [0.1, 0.15) is 6.92 Å². The summed E-state index contributed by atoms with van der Waals surface area (Å²) in [5.41, 5.74) is 1.77. The van der Waals surface area contributed by atoms with E-state index in [0.717, 1.165) is 22.5 Å². The number of nitro groups is 1. The first kappa shape index (κ1) is 16.3. The van der Waals surface area contributed by atoms with Crippen molar-refractivity contribution in [3.05, 3.63) is 28.3 Å². The highest BCUT2D eigenvalue weighted by molar-refractivity contribution is 7.89. The minimum Gasteiger partial charge on any atom is -0.395 e. The number of nitrogens with one attached hydrogen (secondary N) is 1. The van der Waals surface area contributed by atoms with Crippen LogP contribution in [0.2, 0.25) is 0 Å². The zero-order valence-corrected chi connectivity index (χ0v) is 11.8. The molecule has 9 nitrogen and oxygen atoms in total. The van der Waals surface area contributed by atoms with Crippen LogP contribution in [0, 0.1) is 10.1 Å². The van der Waals surface area contributed by atoms with Crippen molar-refractivity contribution in [3.63, 3.8) is 0 Å². The number of hydrogen-bond donors (Lipinski definition) is 3. The Hall–Kier alpha value is -1.75. The Labute approximate surface area is 116 Å². The summed E-state index contributed by atoms with van der Waals surface area (Å²) >= 11 is 0. The molecule has 0 fully saturated rings. The number of non-ortho nitro benzene ring substituents is 1. The molecule has 0 aliphatic rings. The Morgan fingerprint density at radius 1 is 1.55 bits per heavy atom. The first-order valence-corrected chi connectivity index (χ1v) is 7.03. The minimum absolute atomic E-state index is 0.0869. The number of aliphatic hydroxyl groups excluding tert-OH is 1. The maximum Gasteiger partial charge on any atom is 0.271 e. The Morgan fingerprint density at radius 3 is 2.60 bits per heavy atom. The summed E-state index contributed by atoms with van der Waals surface area (Å²) in [4.78, 5) is 9.81. The fourth-order valence-corrected chi connectivity index (χ4v) is 2.96. The summed E-state index contributed by atoms with van der Waals surface area (Å²) in [5.74, 6) is 5.22. The third-order valence-electron chi connectivity index (χ3n) is 2.87. The monoisotopic (exact) mass is 304 g/mol. The van der Waals surface area contributed by atoms with E-state index in [9.17, 15) is 18.5 Å². The van der Waals surface area contributed by atoms with Crippen molar-refractivity contribution < 1.29 is 18.4 Å². The van der Waals surface area contributed by atoms with Gasteiger partial charge in [0.05, 0.1) is 17.2 Å². The summed E-state index contributed by atoms with van der Waals surface area (Å²) in [6, 6.07) is 2.57. The maximum atomic E-state index is 12.3. The zero-order chi connectivity index (χ0) is 15.5. The van der Waals surface area contributed by atoms with Crippen LogP contribution in [-0.2, 0) is 10.0 Å². The topological polar surface area (TPSA) is 139 Å². The van der Waals surface area contributed by atoms with Gasteiger partial charge in [0, 0.05) is 25.2 Å². The molecule has 1 aromatic rings. The summed E-state index contributed by atoms with van der Waals surface area (Å²) in [7, 11) is -2.62. The van der Waals surface area contributed by atoms with E-state index in [1.807, 2.05) is 0 Å². The highest BCUT2D eigenvalue weighted by Gasteiger charge is 2.28. The normalized spacial score (nSPS) is 13.2. The second kappa shape index (κ2) is 6.13. The molecule has 0 amide bonds. The molecule has 112 valence electrons. The molecule has 0 bridgehead atoms. The number of aliphatic hydroxyl groups is 1. The van der Waals surface area contributed by atoms with Gasteiger partial charge in [-0.25, -0.2) is 8.42 Å². The van der Waals surface area contributed by atoms with Crippen LogP contribution in [0.3, 0.4) is 0 Å². The number of likely N-dealkylation sites (N-methyl/N-ethyl adjacent to an activating group) is 1. The van der Waals surface area contributed by atoms with Gasteiger partial charge in [-0.2, -0.15) is 4.31 Å². The first-order chi connectivity index (χ1) is 9.25. The molecule has 20 heavy (non-hydrogen) atoms. The zero-order valence-electron chi connectivity index (χ0n) is 11.0. The Kier molecular flexibility index (Phi) is 5.00. The predicted molar refractivity (Wildman–Crippen MR) is 72.4 cm³/mol. The highest BCUT2D eigenvalue weighted by Crippen LogP contribution is 2.28. The van der Waals surface area contributed by atoms with E-state index in [1.165, 1.54) is 14.0 Å². The molecule has 1 unspecified atom stereocenters. The molecule has 10 heteroatoms. The number of nitrogen functional groups attached to an aromatic ring is 1. The highest BCUT2D eigenvalue weighted by atomic mass is 32.2. The smallest absolute Gasteiger partial charge is 0.271 e. The van der Waals surface area contributed by atoms with E-state index in [-0.39, 0.29) is 22.9 Å². The number of nitrogens with zero attached hydrogens (tertiary/aromatic N) is 2. The third kappa shape index (κ3) is 3.04. The van der Waals surface area contributed by atoms with E-state index in [1.54, 1.807) is 0 Å². The number of rotatable bonds is 6. The first-order valence-electron chi connectivity index (χ1n) is 5.59. The van der Waals surface area contributed by atoms with E-state index in [0.29, 0.717) is 0 Å². The molecule has 1 atom stereocenters. The fourth-order valence-electron chi connectivity index (χ4n) is 1.48. The number of sulfonamides is 1. The van der Waals surface area contributed by atoms with Crippen molar-refractivity contribution in [1.29, 1.82) is 0 Å². The van der Waals surface area contributed by atoms with Gasteiger partial charge in [-0.1, -0.05) is 0 Å². The maximum absolute atomic E-state index is 12.3. The lowest BCUT2D eigenvalue weighted by molar-refractivity contribution is -0.384. The minimum atomic E-state index is -3.93. The Bertz CT molecular complexity index is 604. The van der Waals surface area contributed by atoms with Gasteiger partial charge < -0.3 is 10.5 Å². The van der Waals surface area contributed by atoms with Gasteiger partial charge in [-0.15, -0.1) is 0 Å². The summed E-state index contributed by atoms with van der Waals surface area (Å²) in [5, 5.41) is 19.7. The van der Waals surface area contributed by atoms with Crippen LogP contribution < -0.4 is 11.3 Å². The largest absolute Gasteiger partial charge is 0.395 e. The molecule has 0 aliphatic heterocycles. The lowest BCUT2D eigenvalue weighted by atomic mass is 10.3. The molecule has 0 aliphatic carbocycles. The molecule has 0 saturated heterocycles. The molecule has 0 spiro atoms. The van der Waals surface area contributed by atoms with Crippen molar-refractivity contribution in [2.75, 3.05) is 19.1 Å². The lowest BCUT2D eigenvalue weighted by Gasteiger charge is -2.23. The van der Waals surface area contributed by atoms with Crippen LogP contribution in [-0.4, -0.2) is 42.4 Å². The molecule has 0 radical (unpaired) electrons. The predicted octanol–water partition coefficient (Wildman–Crippen LogP) is -0.118. The van der Waals surface area contributed by atoms with Gasteiger partial charge in [-0.05, 0) is 13.0 Å². The molecule has 4 N–H and O–H groups in total. The molecule has 0 heterocycles. The summed E-state index contributed by atoms with van der Waals surface area (Å²) < 4.78 is 25.7. The van der Waals surface area contributed by atoms with Gasteiger partial charge >= 0.3 is 0 Å². The summed E-state index contributed by atoms with van der Waals surface area (Å²) in [6.07, 6.45) is 0.